The molecule has 0 spiro atoms. The van der Waals surface area contributed by atoms with Crippen LogP contribution >= 0.6 is 0 Å². The lowest BCUT2D eigenvalue weighted by Crippen LogP contribution is -2.27. The summed E-state index contributed by atoms with van der Waals surface area (Å²) in [6.07, 6.45) is 3.32. The molecule has 0 unspecified atom stereocenters. The molecule has 13 nitrogen and oxygen atoms in total. The predicted octanol–water partition coefficient (Wildman–Crippen LogP) is 7.05. The Labute approximate surface area is 247 Å². The van der Waals surface area contributed by atoms with Gasteiger partial charge in [0.15, 0.2) is 5.75 Å². The minimum absolute atomic E-state index is 0.0772. The van der Waals surface area contributed by atoms with Gasteiger partial charge in [-0.1, -0.05) is 31.9 Å². The fourth-order valence-corrected chi connectivity index (χ4v) is 3.90. The van der Waals surface area contributed by atoms with Crippen LogP contribution in [0.25, 0.3) is 0 Å². The molecule has 0 atom stereocenters. The van der Waals surface area contributed by atoms with Crippen LogP contribution < -0.4 is 15.4 Å². The second-order valence-electron chi connectivity index (χ2n) is 10.6. The van der Waals surface area contributed by atoms with Crippen molar-refractivity contribution in [2.45, 2.75) is 59.0 Å². The molecule has 0 heterocycles. The number of rotatable bonds is 11. The number of aryl methyl sites for hydroxylation is 1. The lowest BCUT2D eigenvalue weighted by atomic mass is 10.1. The number of anilines is 2. The highest BCUT2D eigenvalue weighted by Crippen LogP contribution is 2.31. The molecule has 3 aromatic rings. The van der Waals surface area contributed by atoms with E-state index in [2.05, 4.69) is 17.6 Å². The first-order valence-corrected chi connectivity index (χ1v) is 13.5. The number of nitro benzene ring substituents is 2. The molecule has 2 amide bonds. The molecule has 0 aliphatic rings. The molecule has 226 valence electrons. The minimum Gasteiger partial charge on any atom is -0.444 e. The van der Waals surface area contributed by atoms with Crippen LogP contribution in [0.2, 0.25) is 0 Å². The van der Waals surface area contributed by atoms with Crippen LogP contribution in [0.1, 0.15) is 73.2 Å². The highest BCUT2D eigenvalue weighted by molar-refractivity contribution is 6.05. The van der Waals surface area contributed by atoms with E-state index in [1.807, 2.05) is 12.1 Å². The first-order chi connectivity index (χ1) is 20.3. The third kappa shape index (κ3) is 9.63. The van der Waals surface area contributed by atoms with Crippen molar-refractivity contribution in [1.82, 2.24) is 0 Å². The average molecular weight is 593 g/mol. The van der Waals surface area contributed by atoms with E-state index in [1.54, 1.807) is 32.9 Å². The number of nitrogens with zero attached hydrogens (tertiary/aromatic N) is 2. The lowest BCUT2D eigenvalue weighted by molar-refractivity contribution is -0.394. The number of hydrogen-bond donors (Lipinski definition) is 2. The van der Waals surface area contributed by atoms with Gasteiger partial charge in [0, 0.05) is 23.4 Å². The Bertz CT molecular complexity index is 1500. The molecule has 0 radical (unpaired) electrons. The third-order valence-electron chi connectivity index (χ3n) is 5.92. The van der Waals surface area contributed by atoms with E-state index in [1.165, 1.54) is 18.2 Å². The summed E-state index contributed by atoms with van der Waals surface area (Å²) in [5, 5.41) is 27.6. The summed E-state index contributed by atoms with van der Waals surface area (Å²) >= 11 is 0. The van der Waals surface area contributed by atoms with Crippen LogP contribution in [-0.4, -0.2) is 33.4 Å². The van der Waals surface area contributed by atoms with Crippen molar-refractivity contribution in [2.75, 3.05) is 10.6 Å². The summed E-state index contributed by atoms with van der Waals surface area (Å²) in [4.78, 5) is 59.1. The average Bonchev–Trinajstić information content (AvgIpc) is 2.93. The Morgan fingerprint density at radius 1 is 0.814 bits per heavy atom. The largest absolute Gasteiger partial charge is 0.444 e. The molecule has 3 rings (SSSR count). The molecule has 0 saturated carbocycles. The number of nitrogens with one attached hydrogen (secondary N) is 2. The Morgan fingerprint density at radius 3 is 2.00 bits per heavy atom. The molecular formula is C30H32N4O9. The molecule has 3 aromatic carbocycles. The molecule has 0 aromatic heterocycles. The smallest absolute Gasteiger partial charge is 0.412 e. The lowest BCUT2D eigenvalue weighted by Gasteiger charge is -2.20. The summed E-state index contributed by atoms with van der Waals surface area (Å²) in [5.74, 6) is -1.79. The van der Waals surface area contributed by atoms with Crippen LogP contribution in [0.15, 0.2) is 60.7 Å². The first-order valence-electron chi connectivity index (χ1n) is 13.5. The number of hydrogen-bond acceptors (Lipinski definition) is 9. The molecule has 0 bridgehead atoms. The molecule has 0 fully saturated rings. The SMILES string of the molecule is CCCCCc1ccc(C(=O)Nc2ccc(OC(=O)c3cc([N+](=O)[O-])cc([N+](=O)[O-])c3)c(NC(=O)OC(C)(C)C)c2)cc1. The van der Waals surface area contributed by atoms with Gasteiger partial charge in [0.1, 0.15) is 5.60 Å². The van der Waals surface area contributed by atoms with E-state index >= 15 is 0 Å². The Hall–Kier alpha value is -5.33. The Kier molecular flexibility index (Phi) is 10.5. The fourth-order valence-electron chi connectivity index (χ4n) is 3.90. The summed E-state index contributed by atoms with van der Waals surface area (Å²) in [6, 6.07) is 13.6. The zero-order chi connectivity index (χ0) is 31.7. The van der Waals surface area contributed by atoms with Crippen molar-refractivity contribution in [3.05, 3.63) is 97.6 Å². The van der Waals surface area contributed by atoms with Gasteiger partial charge in [-0.2, -0.15) is 0 Å². The highest BCUT2D eigenvalue weighted by Gasteiger charge is 2.23. The van der Waals surface area contributed by atoms with Crippen molar-refractivity contribution in [3.63, 3.8) is 0 Å². The van der Waals surface area contributed by atoms with Crippen LogP contribution in [-0.2, 0) is 11.2 Å². The van der Waals surface area contributed by atoms with Crippen molar-refractivity contribution >= 4 is 40.7 Å². The third-order valence-corrected chi connectivity index (χ3v) is 5.92. The molecule has 0 aliphatic heterocycles. The Balaban J connectivity index is 1.87. The van der Waals surface area contributed by atoms with Gasteiger partial charge in [0.05, 0.1) is 27.2 Å². The van der Waals surface area contributed by atoms with Gasteiger partial charge in [0.2, 0.25) is 0 Å². The van der Waals surface area contributed by atoms with Crippen molar-refractivity contribution < 1.29 is 33.7 Å². The topological polar surface area (TPSA) is 180 Å². The van der Waals surface area contributed by atoms with Gasteiger partial charge in [-0.25, -0.2) is 9.59 Å². The van der Waals surface area contributed by atoms with Gasteiger partial charge < -0.3 is 14.8 Å². The van der Waals surface area contributed by atoms with Gasteiger partial charge >= 0.3 is 12.1 Å². The molecule has 43 heavy (non-hydrogen) atoms. The van der Waals surface area contributed by atoms with Crippen LogP contribution in [0.5, 0.6) is 5.75 Å². The van der Waals surface area contributed by atoms with E-state index in [0.29, 0.717) is 11.6 Å². The van der Waals surface area contributed by atoms with Crippen molar-refractivity contribution in [1.29, 1.82) is 0 Å². The van der Waals surface area contributed by atoms with Gasteiger partial charge in [-0.15, -0.1) is 0 Å². The zero-order valence-electron chi connectivity index (χ0n) is 24.2. The van der Waals surface area contributed by atoms with Crippen molar-refractivity contribution in [2.24, 2.45) is 0 Å². The standard InChI is InChI=1S/C30H32N4O9/c1-5-6-7-8-19-9-11-20(12-10-19)27(35)31-22-13-14-26(25(17-22)32-29(37)43-30(2,3)4)42-28(36)21-15-23(33(38)39)18-24(16-21)34(40)41/h9-18H,5-8H2,1-4H3,(H,31,35)(H,32,37). The van der Waals surface area contributed by atoms with E-state index < -0.39 is 50.4 Å². The van der Waals surface area contributed by atoms with Crippen molar-refractivity contribution in [3.8, 4) is 5.75 Å². The van der Waals surface area contributed by atoms with E-state index in [4.69, 9.17) is 9.47 Å². The number of carbonyl (C=O) groups excluding carboxylic acids is 3. The van der Waals surface area contributed by atoms with Gasteiger partial charge in [-0.3, -0.25) is 30.3 Å². The monoisotopic (exact) mass is 592 g/mol. The number of nitro groups is 2. The second-order valence-corrected chi connectivity index (χ2v) is 10.6. The molecule has 0 aliphatic carbocycles. The van der Waals surface area contributed by atoms with Gasteiger partial charge in [-0.05, 0) is 69.5 Å². The molecule has 2 N–H and O–H groups in total. The Morgan fingerprint density at radius 2 is 1.44 bits per heavy atom. The number of esters is 1. The quantitative estimate of drug-likeness (QED) is 0.0775. The van der Waals surface area contributed by atoms with E-state index in [0.717, 1.165) is 43.4 Å². The number of ether oxygens (including phenoxy) is 2. The summed E-state index contributed by atoms with van der Waals surface area (Å²) in [7, 11) is 0. The fraction of sp³-hybridized carbons (Fsp3) is 0.300. The van der Waals surface area contributed by atoms with E-state index in [9.17, 15) is 34.6 Å². The number of carbonyl (C=O) groups is 3. The maximum atomic E-state index is 12.9. The summed E-state index contributed by atoms with van der Waals surface area (Å²) < 4.78 is 10.6. The second kappa shape index (κ2) is 14.0. The number of non-ortho nitro benzene ring substituents is 2. The first kappa shape index (κ1) is 32.2. The summed E-state index contributed by atoms with van der Waals surface area (Å²) in [6.45, 7) is 7.07. The van der Waals surface area contributed by atoms with Crippen LogP contribution in [0.3, 0.4) is 0 Å². The summed E-state index contributed by atoms with van der Waals surface area (Å²) in [5.41, 5.74) is -0.990. The predicted molar refractivity (Wildman–Crippen MR) is 159 cm³/mol. The number of unbranched alkanes of at least 4 members (excludes halogenated alkanes) is 2. The van der Waals surface area contributed by atoms with E-state index in [-0.39, 0.29) is 17.1 Å². The normalized spacial score (nSPS) is 10.9. The number of benzene rings is 3. The molecule has 13 heteroatoms. The maximum Gasteiger partial charge on any atom is 0.412 e. The van der Waals surface area contributed by atoms with Crippen LogP contribution in [0, 0.1) is 20.2 Å². The minimum atomic E-state index is -1.16. The highest BCUT2D eigenvalue weighted by atomic mass is 16.6. The molecule has 0 saturated heterocycles. The number of amides is 2. The maximum absolute atomic E-state index is 12.9. The molecular weight excluding hydrogens is 560 g/mol. The van der Waals surface area contributed by atoms with Crippen LogP contribution in [0.4, 0.5) is 27.5 Å². The zero-order valence-corrected chi connectivity index (χ0v) is 24.2. The van der Waals surface area contributed by atoms with Gasteiger partial charge in [0.25, 0.3) is 17.3 Å².